The fraction of sp³-hybridized carbons (Fsp3) is 0.286. The minimum absolute atomic E-state index is 0.0737. The summed E-state index contributed by atoms with van der Waals surface area (Å²) in [6.07, 6.45) is 0. The first-order valence-corrected chi connectivity index (χ1v) is 9.22. The largest absolute Gasteiger partial charge is 0.478 e. The molecule has 146 valence electrons. The summed E-state index contributed by atoms with van der Waals surface area (Å²) in [6, 6.07) is 16.6. The number of carbonyl (C=O) groups is 2. The highest BCUT2D eigenvalue weighted by Gasteiger charge is 2.21. The summed E-state index contributed by atoms with van der Waals surface area (Å²) in [5, 5.41) is 12.5. The molecule has 2 N–H and O–H groups in total. The van der Waals surface area contributed by atoms with Gasteiger partial charge < -0.3 is 20.2 Å². The Kier molecular flexibility index (Phi) is 6.26. The zero-order chi connectivity index (χ0) is 19.9. The summed E-state index contributed by atoms with van der Waals surface area (Å²) in [5.41, 5.74) is 1.97. The van der Waals surface area contributed by atoms with E-state index in [1.807, 2.05) is 41.3 Å². The van der Waals surface area contributed by atoms with E-state index < -0.39 is 5.97 Å². The molecule has 1 heterocycles. The molecule has 0 aromatic heterocycles. The van der Waals surface area contributed by atoms with E-state index in [4.69, 9.17) is 4.99 Å². The Morgan fingerprint density at radius 2 is 1.68 bits per heavy atom. The Bertz CT molecular complexity index is 859. The van der Waals surface area contributed by atoms with Crippen LogP contribution in [0.5, 0.6) is 0 Å². The molecule has 3 rings (SSSR count). The van der Waals surface area contributed by atoms with Crippen molar-refractivity contribution in [3.05, 3.63) is 65.7 Å². The van der Waals surface area contributed by atoms with Crippen molar-refractivity contribution in [2.24, 2.45) is 4.99 Å². The van der Waals surface area contributed by atoms with Gasteiger partial charge in [-0.3, -0.25) is 4.79 Å². The number of guanidine groups is 1. The zero-order valence-electron chi connectivity index (χ0n) is 15.8. The lowest BCUT2D eigenvalue weighted by Crippen LogP contribution is -2.51. The molecule has 1 saturated heterocycles. The normalized spacial score (nSPS) is 14.7. The van der Waals surface area contributed by atoms with Gasteiger partial charge in [0.1, 0.15) is 0 Å². The first kappa shape index (κ1) is 19.4. The van der Waals surface area contributed by atoms with Crippen molar-refractivity contribution in [1.29, 1.82) is 0 Å². The predicted molar refractivity (Wildman–Crippen MR) is 108 cm³/mol. The standard InChI is InChI=1S/C21H24N4O3/c1-16(26)24-10-12-25(13-11-24)21(22-15-17-6-3-2-4-7-17)23-19-9-5-8-18(14-19)20(27)28/h2-9,14H,10-13,15H2,1H3,(H,22,23)(H,27,28). The summed E-state index contributed by atoms with van der Waals surface area (Å²) in [4.78, 5) is 31.5. The van der Waals surface area contributed by atoms with Crippen LogP contribution in [0, 0.1) is 0 Å². The molecule has 7 heteroatoms. The van der Waals surface area contributed by atoms with Crippen LogP contribution in [0.4, 0.5) is 5.69 Å². The van der Waals surface area contributed by atoms with Crippen molar-refractivity contribution in [3.8, 4) is 0 Å². The number of anilines is 1. The lowest BCUT2D eigenvalue weighted by atomic mass is 10.2. The number of nitrogens with zero attached hydrogens (tertiary/aromatic N) is 3. The van der Waals surface area contributed by atoms with Gasteiger partial charge in [0.15, 0.2) is 5.96 Å². The van der Waals surface area contributed by atoms with Crippen LogP contribution in [0.2, 0.25) is 0 Å². The molecule has 7 nitrogen and oxygen atoms in total. The maximum atomic E-state index is 11.6. The molecule has 0 radical (unpaired) electrons. The number of rotatable bonds is 4. The second-order valence-corrected chi connectivity index (χ2v) is 6.63. The smallest absolute Gasteiger partial charge is 0.335 e. The Balaban J connectivity index is 1.79. The third kappa shape index (κ3) is 5.09. The first-order valence-electron chi connectivity index (χ1n) is 9.22. The molecule has 2 aromatic carbocycles. The fourth-order valence-corrected chi connectivity index (χ4v) is 3.06. The van der Waals surface area contributed by atoms with E-state index >= 15 is 0 Å². The average Bonchev–Trinajstić information content (AvgIpc) is 2.72. The lowest BCUT2D eigenvalue weighted by Gasteiger charge is -2.36. The van der Waals surface area contributed by atoms with Crippen LogP contribution in [0.15, 0.2) is 59.6 Å². The number of hydrogen-bond acceptors (Lipinski definition) is 3. The maximum absolute atomic E-state index is 11.6. The van der Waals surface area contributed by atoms with E-state index in [1.165, 1.54) is 0 Å². The minimum Gasteiger partial charge on any atom is -0.478 e. The number of carbonyl (C=O) groups excluding carboxylic acids is 1. The van der Waals surface area contributed by atoms with Gasteiger partial charge in [0.05, 0.1) is 12.1 Å². The first-order chi connectivity index (χ1) is 13.5. The van der Waals surface area contributed by atoms with Gasteiger partial charge in [-0.2, -0.15) is 0 Å². The van der Waals surface area contributed by atoms with Crippen molar-refractivity contribution in [1.82, 2.24) is 9.80 Å². The number of carboxylic acid groups (broad SMARTS) is 1. The second kappa shape index (κ2) is 9.03. The highest BCUT2D eigenvalue weighted by atomic mass is 16.4. The zero-order valence-corrected chi connectivity index (χ0v) is 15.8. The molecule has 1 fully saturated rings. The Morgan fingerprint density at radius 1 is 1.00 bits per heavy atom. The van der Waals surface area contributed by atoms with Crippen molar-refractivity contribution < 1.29 is 14.7 Å². The van der Waals surface area contributed by atoms with E-state index in [2.05, 4.69) is 10.2 Å². The lowest BCUT2D eigenvalue weighted by molar-refractivity contribution is -0.130. The van der Waals surface area contributed by atoms with E-state index in [9.17, 15) is 14.7 Å². The van der Waals surface area contributed by atoms with Gasteiger partial charge in [-0.1, -0.05) is 36.4 Å². The third-order valence-corrected chi connectivity index (χ3v) is 4.64. The highest BCUT2D eigenvalue weighted by Crippen LogP contribution is 2.14. The molecule has 0 aliphatic carbocycles. The molecular weight excluding hydrogens is 356 g/mol. The van der Waals surface area contributed by atoms with Crippen LogP contribution < -0.4 is 5.32 Å². The second-order valence-electron chi connectivity index (χ2n) is 6.63. The van der Waals surface area contributed by atoms with Gasteiger partial charge >= 0.3 is 5.97 Å². The molecule has 0 bridgehead atoms. The number of aliphatic imine (C=N–C) groups is 1. The number of benzene rings is 2. The maximum Gasteiger partial charge on any atom is 0.335 e. The van der Waals surface area contributed by atoms with Gasteiger partial charge in [-0.15, -0.1) is 0 Å². The van der Waals surface area contributed by atoms with E-state index in [1.54, 1.807) is 25.1 Å². The molecule has 0 atom stereocenters. The van der Waals surface area contributed by atoms with Crippen molar-refractivity contribution in [3.63, 3.8) is 0 Å². The van der Waals surface area contributed by atoms with E-state index in [0.29, 0.717) is 44.4 Å². The van der Waals surface area contributed by atoms with Crippen LogP contribution in [-0.2, 0) is 11.3 Å². The van der Waals surface area contributed by atoms with Gasteiger partial charge in [-0.05, 0) is 23.8 Å². The van der Waals surface area contributed by atoms with Gasteiger partial charge in [0.25, 0.3) is 0 Å². The van der Waals surface area contributed by atoms with Crippen LogP contribution in [0.3, 0.4) is 0 Å². The Hall–Kier alpha value is -3.35. The number of piperazine rings is 1. The van der Waals surface area contributed by atoms with Crippen LogP contribution in [-0.4, -0.2) is 58.9 Å². The molecule has 1 aliphatic rings. The SMILES string of the molecule is CC(=O)N1CCN(C(=NCc2ccccc2)Nc2cccc(C(=O)O)c2)CC1. The summed E-state index contributed by atoms with van der Waals surface area (Å²) in [7, 11) is 0. The number of aromatic carboxylic acids is 1. The molecule has 0 unspecified atom stereocenters. The topological polar surface area (TPSA) is 85.2 Å². The monoisotopic (exact) mass is 380 g/mol. The summed E-state index contributed by atoms with van der Waals surface area (Å²) in [6.45, 7) is 4.69. The van der Waals surface area contributed by atoms with Crippen LogP contribution in [0.25, 0.3) is 0 Å². The summed E-state index contributed by atoms with van der Waals surface area (Å²) >= 11 is 0. The molecular formula is C21H24N4O3. The van der Waals surface area contributed by atoms with E-state index in [-0.39, 0.29) is 11.5 Å². The third-order valence-electron chi connectivity index (χ3n) is 4.64. The highest BCUT2D eigenvalue weighted by molar-refractivity contribution is 5.96. The van der Waals surface area contributed by atoms with E-state index in [0.717, 1.165) is 5.56 Å². The summed E-state index contributed by atoms with van der Waals surface area (Å²) in [5.74, 6) is -0.222. The molecule has 2 aromatic rings. The predicted octanol–water partition coefficient (Wildman–Crippen LogP) is 2.52. The fourth-order valence-electron chi connectivity index (χ4n) is 3.06. The molecule has 0 spiro atoms. The summed E-state index contributed by atoms with van der Waals surface area (Å²) < 4.78 is 0. The van der Waals surface area contributed by atoms with Gasteiger partial charge in [0.2, 0.25) is 5.91 Å². The van der Waals surface area contributed by atoms with Crippen LogP contribution in [0.1, 0.15) is 22.8 Å². The molecule has 1 amide bonds. The Labute approximate surface area is 164 Å². The molecule has 0 saturated carbocycles. The van der Waals surface area contributed by atoms with Crippen LogP contribution >= 0.6 is 0 Å². The number of amides is 1. The number of hydrogen-bond donors (Lipinski definition) is 2. The molecule has 28 heavy (non-hydrogen) atoms. The van der Waals surface area contributed by atoms with Crippen molar-refractivity contribution in [2.75, 3.05) is 31.5 Å². The van der Waals surface area contributed by atoms with Gasteiger partial charge in [0, 0.05) is 38.8 Å². The average molecular weight is 380 g/mol. The van der Waals surface area contributed by atoms with Crippen molar-refractivity contribution in [2.45, 2.75) is 13.5 Å². The van der Waals surface area contributed by atoms with Gasteiger partial charge in [-0.25, -0.2) is 9.79 Å². The number of carboxylic acids is 1. The number of nitrogens with one attached hydrogen (secondary N) is 1. The Morgan fingerprint density at radius 3 is 2.32 bits per heavy atom. The minimum atomic E-state index is -0.971. The van der Waals surface area contributed by atoms with Crippen molar-refractivity contribution >= 4 is 23.5 Å². The quantitative estimate of drug-likeness (QED) is 0.629. The molecule has 1 aliphatic heterocycles.